The third-order valence-corrected chi connectivity index (χ3v) is 12.6. The van der Waals surface area contributed by atoms with Crippen LogP contribution in [-0.2, 0) is 24.4 Å². The van der Waals surface area contributed by atoms with Crippen LogP contribution in [0.1, 0.15) is 130 Å². The molecule has 1 aliphatic rings. The minimum atomic E-state index is -0.916. The highest BCUT2D eigenvalue weighted by molar-refractivity contribution is 9.11. The minimum Gasteiger partial charge on any atom is -0.508 e. The van der Waals surface area contributed by atoms with Gasteiger partial charge in [-0.3, -0.25) is 9.59 Å². The summed E-state index contributed by atoms with van der Waals surface area (Å²) in [5, 5.41) is 38.0. The number of alkyl halides is 2. The molecule has 0 fully saturated rings. The molecule has 1 atom stereocenters. The molecule has 1 aliphatic heterocycles. The number of aryl methyl sites for hydroxylation is 9. The van der Waals surface area contributed by atoms with Gasteiger partial charge in [0.15, 0.2) is 0 Å². The Labute approximate surface area is 500 Å². The Hall–Kier alpha value is -7.36. The molecule has 0 spiro atoms. The molecular weight excluding hydrogens is 1120 g/mol. The highest BCUT2D eigenvalue weighted by Gasteiger charge is 2.19. The average Bonchev–Trinajstić information content (AvgIpc) is 3.46. The van der Waals surface area contributed by atoms with Gasteiger partial charge in [0, 0.05) is 30.7 Å². The van der Waals surface area contributed by atoms with Crippen molar-refractivity contribution >= 4 is 75.9 Å². The molecule has 0 aliphatic carbocycles. The van der Waals surface area contributed by atoms with E-state index in [0.717, 1.165) is 76.3 Å². The summed E-state index contributed by atoms with van der Waals surface area (Å²) in [4.78, 5) is 33.2. The van der Waals surface area contributed by atoms with Gasteiger partial charge >= 0.3 is 5.97 Å². The Morgan fingerprint density at radius 2 is 1.14 bits per heavy atom. The highest BCUT2D eigenvalue weighted by Crippen LogP contribution is 2.29. The zero-order valence-electron chi connectivity index (χ0n) is 47.5. The van der Waals surface area contributed by atoms with E-state index in [1.807, 2.05) is 93.3 Å². The summed E-state index contributed by atoms with van der Waals surface area (Å²) in [5.41, 5.74) is 20.0. The first-order valence-electron chi connectivity index (χ1n) is 25.7. The predicted octanol–water partition coefficient (Wildman–Crippen LogP) is 17.6. The van der Waals surface area contributed by atoms with Crippen molar-refractivity contribution in [2.75, 3.05) is 11.9 Å². The van der Waals surface area contributed by atoms with Gasteiger partial charge in [0.05, 0.1) is 24.1 Å². The molecule has 0 bridgehead atoms. The fourth-order valence-electron chi connectivity index (χ4n) is 7.73. The summed E-state index contributed by atoms with van der Waals surface area (Å²) >= 11 is 12.8. The van der Waals surface area contributed by atoms with E-state index in [2.05, 4.69) is 123 Å². The van der Waals surface area contributed by atoms with Crippen LogP contribution in [0.4, 0.5) is 0 Å². The molecule has 0 saturated carbocycles. The lowest BCUT2D eigenvalue weighted by Gasteiger charge is -2.26. The molecule has 0 radical (unpaired) electrons. The molecule has 0 saturated heterocycles. The van der Waals surface area contributed by atoms with Crippen molar-refractivity contribution < 1.29 is 34.4 Å². The fourth-order valence-corrected chi connectivity index (χ4v) is 8.02. The van der Waals surface area contributed by atoms with Gasteiger partial charge in [-0.25, -0.2) is 4.79 Å². The van der Waals surface area contributed by atoms with E-state index in [0.29, 0.717) is 17.7 Å². The second-order valence-corrected chi connectivity index (χ2v) is 20.0. The van der Waals surface area contributed by atoms with Crippen LogP contribution in [0.2, 0.25) is 0 Å². The number of aliphatic hydroxyl groups is 1. The van der Waals surface area contributed by atoms with Gasteiger partial charge in [-0.05, 0) is 182 Å². The molecule has 1 unspecified atom stereocenters. The maximum Gasteiger partial charge on any atom is 0.328 e. The second-order valence-electron chi connectivity index (χ2n) is 18.6. The topological polar surface area (TPSA) is 157 Å². The maximum absolute atomic E-state index is 10.8. The number of benzene rings is 7. The van der Waals surface area contributed by atoms with E-state index in [-0.39, 0.29) is 31.2 Å². The minimum absolute atomic E-state index is 0. The van der Waals surface area contributed by atoms with E-state index in [1.165, 1.54) is 63.1 Å². The summed E-state index contributed by atoms with van der Waals surface area (Å²) in [7, 11) is 0. The Morgan fingerprint density at radius 1 is 0.667 bits per heavy atom. The zero-order valence-corrected chi connectivity index (χ0v) is 50.6. The first-order chi connectivity index (χ1) is 38.3. The Morgan fingerprint density at radius 3 is 1.62 bits per heavy atom. The van der Waals surface area contributed by atoms with Crippen molar-refractivity contribution in [1.82, 2.24) is 5.32 Å². The number of phenols is 1. The van der Waals surface area contributed by atoms with Crippen LogP contribution < -0.4 is 10.1 Å². The van der Waals surface area contributed by atoms with Gasteiger partial charge in [-0.1, -0.05) is 161 Å². The van der Waals surface area contributed by atoms with E-state index in [1.54, 1.807) is 30.3 Å². The van der Waals surface area contributed by atoms with Crippen LogP contribution in [0.5, 0.6) is 11.5 Å². The molecule has 0 amide bonds. The molecule has 12 heteroatoms. The number of aromatic hydroxyl groups is 1. The lowest BCUT2D eigenvalue weighted by Crippen LogP contribution is -2.28. The molecular formula is C69H79BrCl2N2O7. The molecule has 8 rings (SSSR count). The number of carboxylic acids is 1. The van der Waals surface area contributed by atoms with Crippen molar-refractivity contribution in [2.45, 2.75) is 102 Å². The number of aliphatic carboxylic acids is 1. The van der Waals surface area contributed by atoms with Crippen LogP contribution >= 0.6 is 39.1 Å². The predicted molar refractivity (Wildman–Crippen MR) is 343 cm³/mol. The van der Waals surface area contributed by atoms with E-state index < -0.39 is 5.97 Å². The number of nitriles is 1. The number of nitrogens with zero attached hydrogens (tertiary/aromatic N) is 1. The molecule has 7 aromatic rings. The van der Waals surface area contributed by atoms with Crippen LogP contribution in [-0.4, -0.2) is 45.7 Å². The van der Waals surface area contributed by atoms with Crippen LogP contribution in [0, 0.1) is 73.6 Å². The van der Waals surface area contributed by atoms with Crippen LogP contribution in [0.25, 0.3) is 18.2 Å². The molecule has 81 heavy (non-hydrogen) atoms. The smallest absolute Gasteiger partial charge is 0.328 e. The summed E-state index contributed by atoms with van der Waals surface area (Å²) in [6.45, 7) is 21.3. The Bertz CT molecular complexity index is 3200. The van der Waals surface area contributed by atoms with Crippen molar-refractivity contribution in [1.29, 1.82) is 5.26 Å². The number of hydrogen-bond acceptors (Lipinski definition) is 8. The summed E-state index contributed by atoms with van der Waals surface area (Å²) in [6.07, 6.45) is 11.9. The zero-order chi connectivity index (χ0) is 59.6. The van der Waals surface area contributed by atoms with Crippen LogP contribution in [0.15, 0.2) is 151 Å². The number of ether oxygens (including phenoxy) is 1. The fraction of sp³-hybridized carbons (Fsp3) is 0.246. The number of fused-ring (bicyclic) bond motifs is 1. The highest BCUT2D eigenvalue weighted by atomic mass is 79.9. The Kier molecular flexibility index (Phi) is 35.3. The average molecular weight is 1200 g/mol. The van der Waals surface area contributed by atoms with Crippen molar-refractivity contribution in [3.8, 4) is 17.6 Å². The largest absolute Gasteiger partial charge is 0.508 e. The van der Waals surface area contributed by atoms with E-state index in [4.69, 9.17) is 43.4 Å². The number of carboxylic acid groups (broad SMARTS) is 1. The van der Waals surface area contributed by atoms with Crippen molar-refractivity contribution in [3.63, 3.8) is 0 Å². The lowest BCUT2D eigenvalue weighted by atomic mass is 9.89. The summed E-state index contributed by atoms with van der Waals surface area (Å²) in [6, 6.07) is 45.5. The third kappa shape index (κ3) is 27.1. The number of hydrogen-bond donors (Lipinski definition) is 4. The number of aliphatic hydroxyl groups excluding tert-OH is 1. The summed E-state index contributed by atoms with van der Waals surface area (Å²) in [5.74, 6) is -0.0600. The maximum atomic E-state index is 10.8. The number of carbonyl (C=O) groups is 3. The molecule has 1 heterocycles. The van der Waals surface area contributed by atoms with Gasteiger partial charge in [-0.15, -0.1) is 23.2 Å². The third-order valence-electron chi connectivity index (χ3n) is 12.3. The Balaban J connectivity index is 0.000000507. The first-order valence-corrected chi connectivity index (χ1v) is 27.7. The van der Waals surface area contributed by atoms with Crippen molar-refractivity contribution in [2.24, 2.45) is 0 Å². The molecule has 9 nitrogen and oxygen atoms in total. The molecule has 428 valence electrons. The van der Waals surface area contributed by atoms with Crippen LogP contribution in [0.3, 0.4) is 0 Å². The first kappa shape index (κ1) is 71.7. The van der Waals surface area contributed by atoms with Gasteiger partial charge in [0.2, 0.25) is 0 Å². The van der Waals surface area contributed by atoms with E-state index >= 15 is 0 Å². The van der Waals surface area contributed by atoms with Gasteiger partial charge in [0.25, 0.3) is 0 Å². The normalized spacial score (nSPS) is 11.7. The standard InChI is InChI=1S/C21H25NO.C15H14O2.C11H12O2.C10H11Br.C8H8O2.C2H3N.CH2Cl2.CH4/c1-14-4-5-15(2)17(10-14)6-7-21-20-12-19(13-23)16(3)11-18(20)8-9-22-21;1-12-7-8-15(9-14(12)10-16)17-11-13-5-3-2-4-6-13;1-8-3-4-9(2)10(7-8)5-6-11(12)13;1-8-3-4-9(2)10(7-8)5-6-11;1-6-2-3-8(10)4-7(6)5-9;1-2-3;2-1-3;/h4-7,10-12,21-23H,8-9,13H2,1-3H3;2-10H,11H2,1H3;3-7H,1-2H3,(H,12,13);3-7H,1-2H3;2-5,10H,1H3;1H3;1H2;1H4/b7-6+;;2*6-5+;;;;. The number of phenolic OH excluding ortho intramolecular Hbond substituents is 1. The second kappa shape index (κ2) is 39.9. The monoisotopic (exact) mass is 1200 g/mol. The quantitative estimate of drug-likeness (QED) is 0.0562. The van der Waals surface area contributed by atoms with Gasteiger partial charge in [-0.2, -0.15) is 5.26 Å². The molecule has 0 aromatic heterocycles. The number of halogens is 3. The van der Waals surface area contributed by atoms with E-state index in [9.17, 15) is 19.5 Å². The van der Waals surface area contributed by atoms with Gasteiger partial charge < -0.3 is 25.4 Å². The summed E-state index contributed by atoms with van der Waals surface area (Å²) < 4.78 is 5.63. The van der Waals surface area contributed by atoms with Crippen molar-refractivity contribution in [3.05, 3.63) is 251 Å². The number of rotatable bonds is 11. The van der Waals surface area contributed by atoms with Gasteiger partial charge in [0.1, 0.15) is 30.7 Å². The number of carbonyl (C=O) groups excluding carboxylic acids is 2. The lowest BCUT2D eigenvalue weighted by molar-refractivity contribution is -0.131. The molecule has 7 aromatic carbocycles. The SMILES string of the molecule is C.CC#N.Cc1ccc(C)c(/C=C/Br)c1.Cc1ccc(C)c(/C=C/C(=O)O)c1.Cc1ccc(C)c(/C=C/C2NCCc3cc(C)c(CO)cc32)c1.Cc1ccc(O)cc1C=O.Cc1ccc(OCc2ccccc2)cc1C=O.ClCCl. The number of aldehydes is 2. The molecule has 4 N–H and O–H groups in total. The number of nitrogens with one attached hydrogen (secondary N) is 1.